The standard InChI is InChI=1S/C22H26FN3OS/c1-15(2)10-19-12-24-20(22-4-3-9-28-22)14-26(19)13-18-11-21(27-25-18)16-5-7-17(23)8-6-16/h3-9,11,15,19-20,24H,10,12-14H2,1-2H3/t19-,20+/m0/s1. The van der Waals surface area contributed by atoms with Gasteiger partial charge in [0.25, 0.3) is 0 Å². The largest absolute Gasteiger partial charge is 0.356 e. The van der Waals surface area contributed by atoms with Crippen molar-refractivity contribution in [3.8, 4) is 11.3 Å². The van der Waals surface area contributed by atoms with Crippen molar-refractivity contribution >= 4 is 11.3 Å². The molecule has 0 spiro atoms. The van der Waals surface area contributed by atoms with E-state index < -0.39 is 0 Å². The smallest absolute Gasteiger partial charge is 0.167 e. The molecule has 148 valence electrons. The molecule has 1 saturated heterocycles. The van der Waals surface area contributed by atoms with Crippen molar-refractivity contribution in [1.29, 1.82) is 0 Å². The van der Waals surface area contributed by atoms with Crippen LogP contribution in [-0.4, -0.2) is 29.2 Å². The first-order valence-corrected chi connectivity index (χ1v) is 10.7. The van der Waals surface area contributed by atoms with E-state index in [1.165, 1.54) is 17.0 Å². The van der Waals surface area contributed by atoms with Crippen LogP contribution in [0.15, 0.2) is 52.4 Å². The lowest BCUT2D eigenvalue weighted by Gasteiger charge is -2.40. The van der Waals surface area contributed by atoms with Crippen LogP contribution in [0.2, 0.25) is 0 Å². The second-order valence-corrected chi connectivity index (χ2v) is 8.86. The number of nitrogens with one attached hydrogen (secondary N) is 1. The molecule has 2 atom stereocenters. The van der Waals surface area contributed by atoms with E-state index in [0.717, 1.165) is 37.3 Å². The molecule has 1 N–H and O–H groups in total. The summed E-state index contributed by atoms with van der Waals surface area (Å²) in [6.45, 7) is 7.23. The molecule has 3 heterocycles. The molecule has 0 unspecified atom stereocenters. The van der Waals surface area contributed by atoms with Crippen molar-refractivity contribution in [3.63, 3.8) is 0 Å². The van der Waals surface area contributed by atoms with Gasteiger partial charge in [-0.1, -0.05) is 25.1 Å². The predicted octanol–water partition coefficient (Wildman–Crippen LogP) is 5.10. The van der Waals surface area contributed by atoms with Gasteiger partial charge in [0.2, 0.25) is 0 Å². The molecule has 4 nitrogen and oxygen atoms in total. The summed E-state index contributed by atoms with van der Waals surface area (Å²) in [6.07, 6.45) is 1.15. The number of aromatic nitrogens is 1. The van der Waals surface area contributed by atoms with E-state index >= 15 is 0 Å². The molecule has 1 fully saturated rings. The third-order valence-electron chi connectivity index (χ3n) is 5.22. The number of thiophene rings is 1. The van der Waals surface area contributed by atoms with Gasteiger partial charge in [-0.3, -0.25) is 4.90 Å². The van der Waals surface area contributed by atoms with E-state index in [1.54, 1.807) is 23.5 Å². The molecule has 0 aliphatic carbocycles. The first-order valence-electron chi connectivity index (χ1n) is 9.81. The maximum absolute atomic E-state index is 13.2. The van der Waals surface area contributed by atoms with Crippen molar-refractivity contribution in [2.45, 2.75) is 38.9 Å². The van der Waals surface area contributed by atoms with Crippen molar-refractivity contribution in [2.24, 2.45) is 5.92 Å². The van der Waals surface area contributed by atoms with E-state index in [2.05, 4.69) is 46.7 Å². The zero-order chi connectivity index (χ0) is 19.5. The van der Waals surface area contributed by atoms with Gasteiger partial charge in [-0.05, 0) is 48.1 Å². The summed E-state index contributed by atoms with van der Waals surface area (Å²) >= 11 is 1.80. The molecule has 2 aromatic heterocycles. The number of nitrogens with zero attached hydrogens (tertiary/aromatic N) is 2. The summed E-state index contributed by atoms with van der Waals surface area (Å²) in [4.78, 5) is 3.90. The molecule has 3 aromatic rings. The fraction of sp³-hybridized carbons (Fsp3) is 0.409. The molecule has 0 bridgehead atoms. The first-order chi connectivity index (χ1) is 13.6. The predicted molar refractivity (Wildman–Crippen MR) is 111 cm³/mol. The molecule has 1 aliphatic rings. The Kier molecular flexibility index (Phi) is 5.90. The molecule has 1 aliphatic heterocycles. The summed E-state index contributed by atoms with van der Waals surface area (Å²) in [5, 5.41) is 10.1. The molecule has 0 radical (unpaired) electrons. The zero-order valence-electron chi connectivity index (χ0n) is 16.3. The van der Waals surface area contributed by atoms with Gasteiger partial charge in [-0.2, -0.15) is 0 Å². The lowest BCUT2D eigenvalue weighted by atomic mass is 9.98. The lowest BCUT2D eigenvalue weighted by Crippen LogP contribution is -2.52. The van der Waals surface area contributed by atoms with Gasteiger partial charge in [-0.15, -0.1) is 11.3 Å². The van der Waals surface area contributed by atoms with Crippen molar-refractivity contribution in [2.75, 3.05) is 13.1 Å². The Bertz CT molecular complexity index is 876. The normalized spacial score (nSPS) is 20.7. The maximum Gasteiger partial charge on any atom is 0.167 e. The van der Waals surface area contributed by atoms with Crippen LogP contribution in [0.1, 0.15) is 36.9 Å². The second-order valence-electron chi connectivity index (χ2n) is 7.88. The summed E-state index contributed by atoms with van der Waals surface area (Å²) in [7, 11) is 0. The monoisotopic (exact) mass is 399 g/mol. The highest BCUT2D eigenvalue weighted by Gasteiger charge is 2.30. The molecule has 0 amide bonds. The molecule has 6 heteroatoms. The molecule has 0 saturated carbocycles. The van der Waals surface area contributed by atoms with Crippen LogP contribution < -0.4 is 5.32 Å². The Labute approximate surface area is 169 Å². The van der Waals surface area contributed by atoms with E-state index in [-0.39, 0.29) is 5.82 Å². The van der Waals surface area contributed by atoms with Gasteiger partial charge in [0.05, 0.1) is 11.7 Å². The van der Waals surface area contributed by atoms with Gasteiger partial charge >= 0.3 is 0 Å². The second kappa shape index (κ2) is 8.55. The van der Waals surface area contributed by atoms with E-state index in [9.17, 15) is 4.39 Å². The van der Waals surface area contributed by atoms with Crippen LogP contribution in [0.3, 0.4) is 0 Å². The number of hydrogen-bond acceptors (Lipinski definition) is 5. The highest BCUT2D eigenvalue weighted by Crippen LogP contribution is 2.28. The minimum atomic E-state index is -0.250. The fourth-order valence-electron chi connectivity index (χ4n) is 3.85. The van der Waals surface area contributed by atoms with Gasteiger partial charge in [0.15, 0.2) is 5.76 Å². The summed E-state index contributed by atoms with van der Waals surface area (Å²) in [6, 6.07) is 13.4. The van der Waals surface area contributed by atoms with Gasteiger partial charge in [-0.25, -0.2) is 4.39 Å². The highest BCUT2D eigenvalue weighted by atomic mass is 32.1. The summed E-state index contributed by atoms with van der Waals surface area (Å²) < 4.78 is 18.7. The lowest BCUT2D eigenvalue weighted by molar-refractivity contribution is 0.105. The van der Waals surface area contributed by atoms with Crippen molar-refractivity contribution in [1.82, 2.24) is 15.4 Å². The van der Waals surface area contributed by atoms with Crippen LogP contribution >= 0.6 is 11.3 Å². The van der Waals surface area contributed by atoms with Gasteiger partial charge < -0.3 is 9.84 Å². The molecule has 1 aromatic carbocycles. The average molecular weight is 400 g/mol. The number of hydrogen-bond donors (Lipinski definition) is 1. The molecular weight excluding hydrogens is 373 g/mol. The number of benzene rings is 1. The zero-order valence-corrected chi connectivity index (χ0v) is 17.1. The summed E-state index contributed by atoms with van der Waals surface area (Å²) in [5.41, 5.74) is 1.76. The van der Waals surface area contributed by atoms with Crippen LogP contribution in [0.4, 0.5) is 4.39 Å². The maximum atomic E-state index is 13.2. The number of piperazine rings is 1. The molecule has 4 rings (SSSR count). The first kappa shape index (κ1) is 19.3. The quantitative estimate of drug-likeness (QED) is 0.626. The average Bonchev–Trinajstić information content (AvgIpc) is 3.36. The molecule has 28 heavy (non-hydrogen) atoms. The van der Waals surface area contributed by atoms with Crippen LogP contribution in [0.5, 0.6) is 0 Å². The van der Waals surface area contributed by atoms with E-state index in [0.29, 0.717) is 23.8 Å². The topological polar surface area (TPSA) is 41.3 Å². The fourth-order valence-corrected chi connectivity index (χ4v) is 4.64. The third-order valence-corrected chi connectivity index (χ3v) is 6.20. The Morgan fingerprint density at radius 1 is 1.29 bits per heavy atom. The van der Waals surface area contributed by atoms with Gasteiger partial charge in [0, 0.05) is 42.2 Å². The van der Waals surface area contributed by atoms with Crippen LogP contribution in [-0.2, 0) is 6.54 Å². The SMILES string of the molecule is CC(C)C[C@H]1CN[C@@H](c2cccs2)CN1Cc1cc(-c2ccc(F)cc2)on1. The van der Waals surface area contributed by atoms with E-state index in [1.807, 2.05) is 6.07 Å². The minimum absolute atomic E-state index is 0.250. The Morgan fingerprint density at radius 3 is 2.82 bits per heavy atom. The summed E-state index contributed by atoms with van der Waals surface area (Å²) in [5.74, 6) is 1.07. The highest BCUT2D eigenvalue weighted by molar-refractivity contribution is 7.10. The Morgan fingerprint density at radius 2 is 2.11 bits per heavy atom. The Balaban J connectivity index is 1.50. The van der Waals surface area contributed by atoms with Crippen molar-refractivity contribution < 1.29 is 8.91 Å². The number of halogens is 1. The number of rotatable bonds is 6. The van der Waals surface area contributed by atoms with Crippen LogP contribution in [0, 0.1) is 11.7 Å². The Hall–Kier alpha value is -2.02. The van der Waals surface area contributed by atoms with Crippen molar-refractivity contribution in [3.05, 3.63) is 64.2 Å². The van der Waals surface area contributed by atoms with Gasteiger partial charge in [0.1, 0.15) is 5.82 Å². The third kappa shape index (κ3) is 4.51. The van der Waals surface area contributed by atoms with E-state index in [4.69, 9.17) is 4.52 Å². The minimum Gasteiger partial charge on any atom is -0.356 e. The van der Waals surface area contributed by atoms with Crippen LogP contribution in [0.25, 0.3) is 11.3 Å². The molecular formula is C22H26FN3OS.